The molecule has 1 aliphatic heterocycles. The molecule has 19 heavy (non-hydrogen) atoms. The summed E-state index contributed by atoms with van der Waals surface area (Å²) >= 11 is 0. The smallest absolute Gasteiger partial charge is 0.245 e. The molecule has 2 unspecified atom stereocenters. The molecule has 1 heterocycles. The molecule has 1 N–H and O–H groups in total. The van der Waals surface area contributed by atoms with Crippen LogP contribution in [0.5, 0.6) is 0 Å². The summed E-state index contributed by atoms with van der Waals surface area (Å²) < 4.78 is 0. The van der Waals surface area contributed by atoms with Crippen LogP contribution in [0.3, 0.4) is 0 Å². The molecule has 0 aromatic heterocycles. The predicted molar refractivity (Wildman–Crippen MR) is 76.8 cm³/mol. The largest absolute Gasteiger partial charge is 0.343 e. The Hall–Kier alpha value is -1.06. The molecule has 1 aliphatic rings. The second-order valence-corrected chi connectivity index (χ2v) is 5.45. The first-order chi connectivity index (χ1) is 9.11. The van der Waals surface area contributed by atoms with Crippen LogP contribution < -0.4 is 5.32 Å². The number of nitrogens with zero attached hydrogens (tertiary/aromatic N) is 1. The number of rotatable bonds is 8. The summed E-state index contributed by atoms with van der Waals surface area (Å²) in [5.74, 6) is 0.0700. The quantitative estimate of drug-likeness (QED) is 0.688. The lowest BCUT2D eigenvalue weighted by atomic mass is 10.0. The van der Waals surface area contributed by atoms with Crippen molar-refractivity contribution in [3.63, 3.8) is 0 Å². The summed E-state index contributed by atoms with van der Waals surface area (Å²) in [6.07, 6.45) is 7.90. The van der Waals surface area contributed by atoms with E-state index in [0.29, 0.717) is 6.42 Å². The Morgan fingerprint density at radius 3 is 2.32 bits per heavy atom. The first-order valence-electron chi connectivity index (χ1n) is 7.72. The molecule has 2 atom stereocenters. The highest BCUT2D eigenvalue weighted by Gasteiger charge is 2.36. The van der Waals surface area contributed by atoms with Crippen LogP contribution in [0.4, 0.5) is 0 Å². The van der Waals surface area contributed by atoms with Crippen molar-refractivity contribution in [2.24, 2.45) is 0 Å². The molecule has 0 aromatic carbocycles. The first kappa shape index (κ1) is 16.0. The Morgan fingerprint density at radius 2 is 1.68 bits per heavy atom. The average Bonchev–Trinajstić information content (AvgIpc) is 2.39. The Kier molecular flexibility index (Phi) is 6.89. The number of hydrogen-bond acceptors (Lipinski definition) is 2. The van der Waals surface area contributed by atoms with Gasteiger partial charge in [-0.25, -0.2) is 0 Å². The van der Waals surface area contributed by atoms with Crippen LogP contribution in [0.25, 0.3) is 0 Å². The molecule has 1 rings (SSSR count). The summed E-state index contributed by atoms with van der Waals surface area (Å²) in [7, 11) is 0. The van der Waals surface area contributed by atoms with E-state index >= 15 is 0 Å². The van der Waals surface area contributed by atoms with Crippen LogP contribution in [0, 0.1) is 0 Å². The van der Waals surface area contributed by atoms with E-state index < -0.39 is 0 Å². The number of hydrogen-bond donors (Lipinski definition) is 1. The Labute approximate surface area is 116 Å². The van der Waals surface area contributed by atoms with Crippen LogP contribution in [0.15, 0.2) is 0 Å². The Morgan fingerprint density at radius 1 is 1.05 bits per heavy atom. The van der Waals surface area contributed by atoms with Crippen molar-refractivity contribution in [1.82, 2.24) is 10.2 Å². The van der Waals surface area contributed by atoms with Gasteiger partial charge in [-0.2, -0.15) is 0 Å². The molecule has 0 saturated carbocycles. The maximum absolute atomic E-state index is 12.1. The predicted octanol–water partition coefficient (Wildman–Crippen LogP) is 2.47. The van der Waals surface area contributed by atoms with E-state index in [0.717, 1.165) is 19.4 Å². The Bertz CT molecular complexity index is 305. The number of unbranched alkanes of at least 4 members (excludes halogenated alkanes) is 5. The summed E-state index contributed by atoms with van der Waals surface area (Å²) in [6, 6.07) is -0.630. The summed E-state index contributed by atoms with van der Waals surface area (Å²) in [4.78, 5) is 25.8. The van der Waals surface area contributed by atoms with Crippen molar-refractivity contribution in [1.29, 1.82) is 0 Å². The Balaban J connectivity index is 2.39. The van der Waals surface area contributed by atoms with Gasteiger partial charge < -0.3 is 10.2 Å². The average molecular weight is 268 g/mol. The van der Waals surface area contributed by atoms with Gasteiger partial charge in [-0.15, -0.1) is 0 Å². The van der Waals surface area contributed by atoms with Gasteiger partial charge in [0.05, 0.1) is 0 Å². The second-order valence-electron chi connectivity index (χ2n) is 5.45. The zero-order chi connectivity index (χ0) is 14.3. The van der Waals surface area contributed by atoms with Crippen molar-refractivity contribution >= 4 is 11.8 Å². The van der Waals surface area contributed by atoms with Crippen molar-refractivity contribution in [3.8, 4) is 0 Å². The van der Waals surface area contributed by atoms with Crippen molar-refractivity contribution in [3.05, 3.63) is 0 Å². The summed E-state index contributed by atoms with van der Waals surface area (Å²) in [5.41, 5.74) is 0. The van der Waals surface area contributed by atoms with Crippen LogP contribution in [0.1, 0.15) is 65.7 Å². The summed E-state index contributed by atoms with van der Waals surface area (Å²) in [6.45, 7) is 6.65. The molecule has 1 saturated heterocycles. The fourth-order valence-electron chi connectivity index (χ4n) is 2.65. The van der Waals surface area contributed by atoms with Crippen molar-refractivity contribution < 1.29 is 9.59 Å². The van der Waals surface area contributed by atoms with E-state index in [9.17, 15) is 9.59 Å². The fourth-order valence-corrected chi connectivity index (χ4v) is 2.65. The normalized spacial score (nSPS) is 23.6. The van der Waals surface area contributed by atoms with Crippen molar-refractivity contribution in [2.75, 3.05) is 6.54 Å². The maximum Gasteiger partial charge on any atom is 0.245 e. The highest BCUT2D eigenvalue weighted by molar-refractivity contribution is 5.96. The fraction of sp³-hybridized carbons (Fsp3) is 0.867. The van der Waals surface area contributed by atoms with Crippen LogP contribution >= 0.6 is 0 Å². The maximum atomic E-state index is 12.1. The lowest BCUT2D eigenvalue weighted by Crippen LogP contribution is -2.62. The second kappa shape index (κ2) is 8.18. The lowest BCUT2D eigenvalue weighted by Gasteiger charge is -2.37. The van der Waals surface area contributed by atoms with Crippen LogP contribution in [0.2, 0.25) is 0 Å². The van der Waals surface area contributed by atoms with Gasteiger partial charge in [-0.05, 0) is 19.8 Å². The van der Waals surface area contributed by atoms with E-state index in [1.165, 1.54) is 25.7 Å². The van der Waals surface area contributed by atoms with Gasteiger partial charge in [0.1, 0.15) is 12.1 Å². The van der Waals surface area contributed by atoms with Gasteiger partial charge >= 0.3 is 0 Å². The number of amides is 2. The van der Waals surface area contributed by atoms with E-state index in [1.54, 1.807) is 11.8 Å². The van der Waals surface area contributed by atoms with Crippen LogP contribution in [-0.4, -0.2) is 35.3 Å². The van der Waals surface area contributed by atoms with Gasteiger partial charge in [0.2, 0.25) is 11.8 Å². The molecule has 4 nitrogen and oxygen atoms in total. The number of carbonyl (C=O) groups excluding carboxylic acids is 2. The number of nitrogens with one attached hydrogen (secondary N) is 1. The highest BCUT2D eigenvalue weighted by atomic mass is 16.2. The minimum Gasteiger partial charge on any atom is -0.343 e. The first-order valence-corrected chi connectivity index (χ1v) is 7.72. The van der Waals surface area contributed by atoms with Gasteiger partial charge in [0.25, 0.3) is 0 Å². The summed E-state index contributed by atoms with van der Waals surface area (Å²) in [5, 5.41) is 2.75. The number of piperazine rings is 1. The van der Waals surface area contributed by atoms with Gasteiger partial charge in [0.15, 0.2) is 0 Å². The standard InChI is InChI=1S/C15H28N2O2/c1-4-6-7-8-9-10-11-17-13(5-2)14(18)16-12(3)15(17)19/h12-13H,4-11H2,1-3H3,(H,16,18). The molecule has 2 amide bonds. The third-order valence-electron chi connectivity index (χ3n) is 3.83. The third-order valence-corrected chi connectivity index (χ3v) is 3.83. The van der Waals surface area contributed by atoms with E-state index in [1.807, 2.05) is 6.92 Å². The zero-order valence-corrected chi connectivity index (χ0v) is 12.6. The molecular weight excluding hydrogens is 240 g/mol. The topological polar surface area (TPSA) is 49.4 Å². The minimum atomic E-state index is -0.365. The lowest BCUT2D eigenvalue weighted by molar-refractivity contribution is -0.149. The molecule has 0 bridgehead atoms. The van der Waals surface area contributed by atoms with Crippen molar-refractivity contribution in [2.45, 2.75) is 77.8 Å². The van der Waals surface area contributed by atoms with E-state index in [-0.39, 0.29) is 23.9 Å². The van der Waals surface area contributed by atoms with E-state index in [2.05, 4.69) is 12.2 Å². The van der Waals surface area contributed by atoms with Gasteiger partial charge in [-0.1, -0.05) is 46.0 Å². The molecule has 1 fully saturated rings. The molecule has 4 heteroatoms. The minimum absolute atomic E-state index is 0.000540. The molecule has 0 aliphatic carbocycles. The monoisotopic (exact) mass is 268 g/mol. The third kappa shape index (κ3) is 4.51. The van der Waals surface area contributed by atoms with Gasteiger partial charge in [0, 0.05) is 6.54 Å². The number of carbonyl (C=O) groups is 2. The van der Waals surface area contributed by atoms with Crippen LogP contribution in [-0.2, 0) is 9.59 Å². The molecule has 0 spiro atoms. The van der Waals surface area contributed by atoms with E-state index in [4.69, 9.17) is 0 Å². The molecular formula is C15H28N2O2. The molecule has 0 radical (unpaired) electrons. The molecule has 110 valence electrons. The molecule has 0 aromatic rings. The van der Waals surface area contributed by atoms with Gasteiger partial charge in [-0.3, -0.25) is 9.59 Å². The SMILES string of the molecule is CCCCCCCCN1C(=O)C(C)NC(=O)C1CC. The highest BCUT2D eigenvalue weighted by Crippen LogP contribution is 2.15. The zero-order valence-electron chi connectivity index (χ0n) is 12.6.